The van der Waals surface area contributed by atoms with Crippen LogP contribution in [0.15, 0.2) is 0 Å². The van der Waals surface area contributed by atoms with Gasteiger partial charge in [-0.15, -0.1) is 0 Å². The SMILES string of the molecule is CCCCCC(CC)OC(=O)CCC(=O)Cl. The molecule has 0 heterocycles. The van der Waals surface area contributed by atoms with Crippen molar-refractivity contribution >= 4 is 22.8 Å². The number of hydrogen-bond donors (Lipinski definition) is 0. The molecule has 4 heteroatoms. The highest BCUT2D eigenvalue weighted by Crippen LogP contribution is 2.11. The maximum absolute atomic E-state index is 11.3. The van der Waals surface area contributed by atoms with Crippen LogP contribution in [0.2, 0.25) is 0 Å². The summed E-state index contributed by atoms with van der Waals surface area (Å²) in [6, 6.07) is 0. The van der Waals surface area contributed by atoms with E-state index in [0.29, 0.717) is 0 Å². The lowest BCUT2D eigenvalue weighted by Gasteiger charge is -2.15. The third kappa shape index (κ3) is 8.72. The molecule has 0 aliphatic carbocycles. The van der Waals surface area contributed by atoms with Crippen LogP contribution < -0.4 is 0 Å². The molecule has 16 heavy (non-hydrogen) atoms. The van der Waals surface area contributed by atoms with Crippen molar-refractivity contribution in [3.8, 4) is 0 Å². The molecule has 0 aliphatic rings. The molecule has 0 aromatic rings. The van der Waals surface area contributed by atoms with Gasteiger partial charge in [-0.2, -0.15) is 0 Å². The van der Waals surface area contributed by atoms with Crippen LogP contribution in [-0.2, 0) is 14.3 Å². The van der Waals surface area contributed by atoms with Crippen LogP contribution >= 0.6 is 11.6 Å². The van der Waals surface area contributed by atoms with E-state index in [1.54, 1.807) is 0 Å². The summed E-state index contributed by atoms with van der Waals surface area (Å²) in [6.07, 6.45) is 5.27. The topological polar surface area (TPSA) is 43.4 Å². The van der Waals surface area contributed by atoms with Gasteiger partial charge in [0.2, 0.25) is 5.24 Å². The van der Waals surface area contributed by atoms with Gasteiger partial charge in [-0.25, -0.2) is 0 Å². The maximum atomic E-state index is 11.3. The first-order valence-electron chi connectivity index (χ1n) is 5.97. The number of carbonyl (C=O) groups is 2. The molecule has 0 amide bonds. The summed E-state index contributed by atoms with van der Waals surface area (Å²) in [7, 11) is 0. The summed E-state index contributed by atoms with van der Waals surface area (Å²) in [4.78, 5) is 21.8. The number of unbranched alkanes of at least 4 members (excludes halogenated alkanes) is 2. The molecule has 0 aromatic carbocycles. The Morgan fingerprint density at radius 1 is 1.19 bits per heavy atom. The van der Waals surface area contributed by atoms with Gasteiger partial charge in [-0.3, -0.25) is 9.59 Å². The normalized spacial score (nSPS) is 12.2. The molecule has 0 radical (unpaired) electrons. The van der Waals surface area contributed by atoms with Gasteiger partial charge in [-0.1, -0.05) is 26.7 Å². The summed E-state index contributed by atoms with van der Waals surface area (Å²) in [5.74, 6) is -0.322. The van der Waals surface area contributed by atoms with Crippen molar-refractivity contribution in [1.82, 2.24) is 0 Å². The van der Waals surface area contributed by atoms with E-state index in [1.807, 2.05) is 6.92 Å². The molecule has 1 atom stereocenters. The molecule has 0 bridgehead atoms. The van der Waals surface area contributed by atoms with Crippen LogP contribution in [0.4, 0.5) is 0 Å². The zero-order chi connectivity index (χ0) is 12.4. The van der Waals surface area contributed by atoms with E-state index in [4.69, 9.17) is 16.3 Å². The Bertz CT molecular complexity index is 216. The smallest absolute Gasteiger partial charge is 0.306 e. The highest BCUT2D eigenvalue weighted by atomic mass is 35.5. The fraction of sp³-hybridized carbons (Fsp3) is 0.833. The number of carbonyl (C=O) groups excluding carboxylic acids is 2. The fourth-order valence-electron chi connectivity index (χ4n) is 1.41. The molecule has 3 nitrogen and oxygen atoms in total. The highest BCUT2D eigenvalue weighted by molar-refractivity contribution is 6.63. The molecule has 0 saturated carbocycles. The first-order valence-corrected chi connectivity index (χ1v) is 6.35. The quantitative estimate of drug-likeness (QED) is 0.357. The Morgan fingerprint density at radius 3 is 2.38 bits per heavy atom. The molecule has 1 unspecified atom stereocenters. The molecule has 0 saturated heterocycles. The van der Waals surface area contributed by atoms with E-state index in [-0.39, 0.29) is 24.9 Å². The lowest BCUT2D eigenvalue weighted by atomic mass is 10.1. The van der Waals surface area contributed by atoms with Crippen LogP contribution in [0.25, 0.3) is 0 Å². The lowest BCUT2D eigenvalue weighted by Crippen LogP contribution is -2.17. The predicted octanol–water partition coefficient (Wildman–Crippen LogP) is 3.43. The lowest BCUT2D eigenvalue weighted by molar-refractivity contribution is -0.150. The van der Waals surface area contributed by atoms with Crippen molar-refractivity contribution in [2.75, 3.05) is 0 Å². The molecule has 0 spiro atoms. The standard InChI is InChI=1S/C12H21ClO3/c1-3-5-6-7-10(4-2)16-12(15)9-8-11(13)14/h10H,3-9H2,1-2H3. The zero-order valence-electron chi connectivity index (χ0n) is 10.1. The minimum atomic E-state index is -0.490. The van der Waals surface area contributed by atoms with E-state index < -0.39 is 5.24 Å². The Kier molecular flexibility index (Phi) is 9.30. The van der Waals surface area contributed by atoms with Crippen molar-refractivity contribution in [3.63, 3.8) is 0 Å². The first-order chi connectivity index (χ1) is 7.60. The summed E-state index contributed by atoms with van der Waals surface area (Å²) in [5.41, 5.74) is 0. The van der Waals surface area contributed by atoms with Crippen molar-refractivity contribution < 1.29 is 14.3 Å². The van der Waals surface area contributed by atoms with Gasteiger partial charge in [0.1, 0.15) is 6.10 Å². The zero-order valence-corrected chi connectivity index (χ0v) is 10.9. The molecule has 0 aliphatic heterocycles. The average molecular weight is 249 g/mol. The van der Waals surface area contributed by atoms with E-state index in [0.717, 1.165) is 32.1 Å². The van der Waals surface area contributed by atoms with E-state index >= 15 is 0 Å². The van der Waals surface area contributed by atoms with Crippen molar-refractivity contribution in [2.45, 2.75) is 64.9 Å². The van der Waals surface area contributed by atoms with E-state index in [1.165, 1.54) is 0 Å². The van der Waals surface area contributed by atoms with Gasteiger partial charge in [0.15, 0.2) is 0 Å². The maximum Gasteiger partial charge on any atom is 0.306 e. The number of ether oxygens (including phenoxy) is 1. The average Bonchev–Trinajstić information content (AvgIpc) is 2.25. The van der Waals surface area contributed by atoms with Crippen LogP contribution in [0, 0.1) is 0 Å². The van der Waals surface area contributed by atoms with Gasteiger partial charge in [0, 0.05) is 6.42 Å². The first kappa shape index (κ1) is 15.4. The predicted molar refractivity (Wildman–Crippen MR) is 64.4 cm³/mol. The van der Waals surface area contributed by atoms with Crippen LogP contribution in [0.1, 0.15) is 58.8 Å². The highest BCUT2D eigenvalue weighted by Gasteiger charge is 2.12. The van der Waals surface area contributed by atoms with Crippen LogP contribution in [0.3, 0.4) is 0 Å². The Hall–Kier alpha value is -0.570. The van der Waals surface area contributed by atoms with Crippen LogP contribution in [-0.4, -0.2) is 17.3 Å². The molecular weight excluding hydrogens is 228 g/mol. The number of esters is 1. The van der Waals surface area contributed by atoms with Gasteiger partial charge < -0.3 is 4.74 Å². The molecule has 0 fully saturated rings. The van der Waals surface area contributed by atoms with Gasteiger partial charge in [0.05, 0.1) is 6.42 Å². The Labute approximate surface area is 102 Å². The molecule has 0 rings (SSSR count). The van der Waals surface area contributed by atoms with Crippen LogP contribution in [0.5, 0.6) is 0 Å². The molecular formula is C12H21ClO3. The molecule has 0 N–H and O–H groups in total. The van der Waals surface area contributed by atoms with Crippen molar-refractivity contribution in [1.29, 1.82) is 0 Å². The van der Waals surface area contributed by atoms with Gasteiger partial charge in [-0.05, 0) is 30.9 Å². The Balaban J connectivity index is 3.74. The number of rotatable bonds is 9. The second kappa shape index (κ2) is 9.64. The summed E-state index contributed by atoms with van der Waals surface area (Å²) in [6.45, 7) is 4.13. The number of hydrogen-bond acceptors (Lipinski definition) is 3. The van der Waals surface area contributed by atoms with Gasteiger partial charge in [0.25, 0.3) is 0 Å². The second-order valence-electron chi connectivity index (χ2n) is 3.87. The second-order valence-corrected chi connectivity index (χ2v) is 4.29. The summed E-state index contributed by atoms with van der Waals surface area (Å²) >= 11 is 5.15. The fourth-order valence-corrected chi connectivity index (χ4v) is 1.51. The summed E-state index contributed by atoms with van der Waals surface area (Å²) in [5, 5.41) is -0.490. The summed E-state index contributed by atoms with van der Waals surface area (Å²) < 4.78 is 5.25. The van der Waals surface area contributed by atoms with E-state index in [2.05, 4.69) is 6.92 Å². The third-order valence-corrected chi connectivity index (χ3v) is 2.60. The van der Waals surface area contributed by atoms with Gasteiger partial charge >= 0.3 is 5.97 Å². The largest absolute Gasteiger partial charge is 0.462 e. The van der Waals surface area contributed by atoms with E-state index in [9.17, 15) is 9.59 Å². The van der Waals surface area contributed by atoms with Crippen molar-refractivity contribution in [3.05, 3.63) is 0 Å². The molecule has 0 aromatic heterocycles. The minimum absolute atomic E-state index is 0.00974. The molecule has 94 valence electrons. The number of halogens is 1. The third-order valence-electron chi connectivity index (χ3n) is 2.41. The monoisotopic (exact) mass is 248 g/mol. The minimum Gasteiger partial charge on any atom is -0.462 e. The Morgan fingerprint density at radius 2 is 1.88 bits per heavy atom. The van der Waals surface area contributed by atoms with Crippen molar-refractivity contribution in [2.24, 2.45) is 0 Å².